The molecule has 2 aromatic heterocycles. The van der Waals surface area contributed by atoms with E-state index in [0.717, 1.165) is 125 Å². The fourth-order valence-corrected chi connectivity index (χ4v) is 16.0. The van der Waals surface area contributed by atoms with Gasteiger partial charge in [-0.25, -0.2) is 4.79 Å². The van der Waals surface area contributed by atoms with Crippen molar-refractivity contribution in [3.05, 3.63) is 71.9 Å². The van der Waals surface area contributed by atoms with Crippen LogP contribution in [0, 0.1) is 0 Å². The standard InChI is InChI=1S/C73H106N10O16S/c1-50(17-7-5-15-27-75-59(84)23-8-6-16-28-76-60(85)24-14-13-22-58-67-54(49-100-58)79-72(89)80-67)74-29-31-91-33-35-93-37-39-95-41-43-97-45-46-98-44-42-96-40-38-94-36-34-92-32-30-77-61(86)25-26-62(87)81(3)57-47-63-82-55-20-11-9-18-51(55)65-66-53(48-78-71(66)88)64-52-19-10-12-21-56(52)83(69(64)68(65)82)73(2,99-63)70(57)90-4/h9-12,18-21,54,57-58,63,67,70,74H,1,5-8,13-17,22-49H2,2-4H3,(H,75,84)(H,76,85)(H,77,86)(H,78,88)(H2,79,80,89)/t54-,57+,58-,63+,67-,70+,73-/m0/s1. The van der Waals surface area contributed by atoms with Crippen molar-refractivity contribution in [2.24, 2.45) is 0 Å². The lowest BCUT2D eigenvalue weighted by atomic mass is 9.91. The summed E-state index contributed by atoms with van der Waals surface area (Å²) < 4.78 is 63.0. The van der Waals surface area contributed by atoms with Crippen LogP contribution in [0.5, 0.6) is 0 Å². The number of carbonyl (C=O) groups excluding carboxylic acids is 6. The number of carbonyl (C=O) groups is 6. The van der Waals surface area contributed by atoms with Gasteiger partial charge in [0.1, 0.15) is 12.3 Å². The number of thioether (sulfide) groups is 1. The molecule has 7 heterocycles. The molecule has 0 unspecified atom stereocenters. The SMILES string of the molecule is C=C(CCCCCNC(=O)CCCCCNC(=O)CCCC[C@@H]1SC[C@@H]2NC(=O)N[C@@H]21)NCCOCCOCCOCCOCCOCCOCCOCCOCCNC(=O)CCC(=O)N(C)[C@@H]1C[C@H]2O[C@@](C)([C@@H]1OC)n1c3ccccc3c3c4c(c5c6ccccc6n2c5c31)C(=O)NC4. The van der Waals surface area contributed by atoms with Crippen molar-refractivity contribution in [1.29, 1.82) is 0 Å². The van der Waals surface area contributed by atoms with Gasteiger partial charge in [-0.05, 0) is 69.6 Å². The van der Waals surface area contributed by atoms with E-state index in [1.54, 1.807) is 19.1 Å². The molecule has 7 atom stereocenters. The van der Waals surface area contributed by atoms with Crippen LogP contribution in [0.4, 0.5) is 4.79 Å². The molecule has 3 saturated heterocycles. The molecule has 7 amide bonds. The van der Waals surface area contributed by atoms with E-state index in [9.17, 15) is 28.8 Å². The van der Waals surface area contributed by atoms with Gasteiger partial charge >= 0.3 is 6.03 Å². The van der Waals surface area contributed by atoms with Crippen LogP contribution >= 0.6 is 11.8 Å². The Kier molecular flexibility index (Phi) is 29.8. The molecular formula is C73H106N10O16S. The highest BCUT2D eigenvalue weighted by molar-refractivity contribution is 8.00. The highest BCUT2D eigenvalue weighted by Gasteiger charge is 2.55. The second-order valence-corrected chi connectivity index (χ2v) is 27.6. The molecule has 100 heavy (non-hydrogen) atoms. The Morgan fingerprint density at radius 1 is 0.610 bits per heavy atom. The third kappa shape index (κ3) is 20.0. The van der Waals surface area contributed by atoms with Gasteiger partial charge in [0, 0.05) is 117 Å². The number of allylic oxidation sites excluding steroid dienone is 1. The van der Waals surface area contributed by atoms with Crippen LogP contribution in [0.2, 0.25) is 0 Å². The Bertz CT molecular complexity index is 3530. The molecule has 3 aromatic carbocycles. The highest BCUT2D eigenvalue weighted by Crippen LogP contribution is 2.54. The molecule has 0 radical (unpaired) electrons. The minimum Gasteiger partial charge on any atom is -0.387 e. The first-order valence-corrected chi connectivity index (χ1v) is 37.2. The molecule has 0 spiro atoms. The Morgan fingerprint density at radius 3 is 1.73 bits per heavy atom. The van der Waals surface area contributed by atoms with Gasteiger partial charge in [0.2, 0.25) is 23.6 Å². The molecule has 550 valence electrons. The first-order valence-electron chi connectivity index (χ1n) is 36.2. The largest absolute Gasteiger partial charge is 0.387 e. The first-order chi connectivity index (χ1) is 48.9. The summed E-state index contributed by atoms with van der Waals surface area (Å²) in [4.78, 5) is 78.6. The van der Waals surface area contributed by atoms with Crippen LogP contribution in [0.3, 0.4) is 0 Å². The Morgan fingerprint density at radius 2 is 1.13 bits per heavy atom. The second-order valence-electron chi connectivity index (χ2n) is 26.3. The number of aromatic nitrogens is 2. The Hall–Kier alpha value is -6.63. The van der Waals surface area contributed by atoms with Gasteiger partial charge in [0.25, 0.3) is 5.91 Å². The van der Waals surface area contributed by atoms with E-state index in [-0.39, 0.29) is 60.5 Å². The summed E-state index contributed by atoms with van der Waals surface area (Å²) in [5, 5.41) is 25.7. The summed E-state index contributed by atoms with van der Waals surface area (Å²) in [6.07, 6.45) is 9.59. The van der Waals surface area contributed by atoms with Crippen molar-refractivity contribution in [3.63, 3.8) is 0 Å². The molecule has 5 aliphatic heterocycles. The van der Waals surface area contributed by atoms with Gasteiger partial charge in [-0.1, -0.05) is 62.2 Å². The zero-order chi connectivity index (χ0) is 70.1. The van der Waals surface area contributed by atoms with E-state index in [4.69, 9.17) is 47.4 Å². The number of urea groups is 1. The van der Waals surface area contributed by atoms with Crippen molar-refractivity contribution < 1.29 is 76.1 Å². The summed E-state index contributed by atoms with van der Waals surface area (Å²) >= 11 is 1.90. The lowest BCUT2D eigenvalue weighted by Gasteiger charge is -2.50. The molecule has 10 rings (SSSR count). The molecule has 0 saturated carbocycles. The van der Waals surface area contributed by atoms with Gasteiger partial charge < -0.3 is 98.6 Å². The van der Waals surface area contributed by atoms with E-state index in [0.29, 0.717) is 169 Å². The number of para-hydroxylation sites is 2. The van der Waals surface area contributed by atoms with Crippen LogP contribution in [-0.4, -0.2) is 231 Å². The van der Waals surface area contributed by atoms with E-state index in [1.165, 1.54) is 0 Å². The van der Waals surface area contributed by atoms with Gasteiger partial charge in [-0.3, -0.25) is 24.0 Å². The zero-order valence-corrected chi connectivity index (χ0v) is 59.6. The molecule has 27 heteroatoms. The normalized spacial score (nSPS) is 20.4. The summed E-state index contributed by atoms with van der Waals surface area (Å²) in [7, 11) is 3.44. The van der Waals surface area contributed by atoms with Crippen molar-refractivity contribution >= 4 is 90.9 Å². The number of unbranched alkanes of at least 4 members (excludes halogenated alkanes) is 5. The number of amides is 7. The number of methoxy groups -OCH3 is 1. The molecule has 5 aromatic rings. The molecule has 5 aliphatic rings. The van der Waals surface area contributed by atoms with Gasteiger partial charge in [0.05, 0.1) is 151 Å². The average Bonchev–Trinajstić information content (AvgIpc) is 1.50. The molecule has 3 fully saturated rings. The highest BCUT2D eigenvalue weighted by atomic mass is 32.2. The predicted octanol–water partition coefficient (Wildman–Crippen LogP) is 6.80. The number of nitrogens with zero attached hydrogens (tertiary/aromatic N) is 3. The predicted molar refractivity (Wildman–Crippen MR) is 382 cm³/mol. The van der Waals surface area contributed by atoms with Crippen LogP contribution in [0.1, 0.15) is 125 Å². The maximum Gasteiger partial charge on any atom is 0.315 e. The number of nitrogens with one attached hydrogen (secondary N) is 7. The molecule has 0 aliphatic carbocycles. The van der Waals surface area contributed by atoms with Crippen LogP contribution in [0.15, 0.2) is 60.8 Å². The third-order valence-corrected chi connectivity index (χ3v) is 20.9. The summed E-state index contributed by atoms with van der Waals surface area (Å²) in [6.45, 7) is 15.9. The number of rotatable bonds is 50. The molecule has 26 nitrogen and oxygen atoms in total. The Balaban J connectivity index is 0.456. The maximum absolute atomic E-state index is 14.1. The number of likely N-dealkylation sites (N-methyl/N-ethyl adjacent to an activating group) is 1. The number of fused-ring (bicyclic) bond motifs is 14. The van der Waals surface area contributed by atoms with E-state index in [2.05, 4.69) is 77.2 Å². The van der Waals surface area contributed by atoms with Crippen LogP contribution in [0.25, 0.3) is 43.6 Å². The lowest BCUT2D eigenvalue weighted by molar-refractivity contribution is -0.266. The minimum absolute atomic E-state index is 0.00973. The van der Waals surface area contributed by atoms with Gasteiger partial charge in [0.15, 0.2) is 5.72 Å². The van der Waals surface area contributed by atoms with Crippen molar-refractivity contribution in [2.75, 3.05) is 152 Å². The Labute approximate surface area is 590 Å². The van der Waals surface area contributed by atoms with E-state index in [1.807, 2.05) is 43.0 Å². The average molecular weight is 1410 g/mol. The van der Waals surface area contributed by atoms with Crippen LogP contribution in [-0.2, 0) is 78.8 Å². The smallest absolute Gasteiger partial charge is 0.315 e. The number of hydrogen-bond donors (Lipinski definition) is 7. The monoisotopic (exact) mass is 1410 g/mol. The fourth-order valence-electron chi connectivity index (χ4n) is 14.5. The van der Waals surface area contributed by atoms with Crippen molar-refractivity contribution in [3.8, 4) is 0 Å². The maximum atomic E-state index is 14.1. The second kappa shape index (κ2) is 39.1. The zero-order valence-electron chi connectivity index (χ0n) is 58.7. The number of hydrogen-bond acceptors (Lipinski definition) is 18. The lowest BCUT2D eigenvalue weighted by Crippen LogP contribution is -2.61. The molecular weight excluding hydrogens is 1300 g/mol. The van der Waals surface area contributed by atoms with Gasteiger partial charge in [-0.15, -0.1) is 0 Å². The topological polar surface area (TPSA) is 292 Å². The van der Waals surface area contributed by atoms with E-state index >= 15 is 0 Å². The summed E-state index contributed by atoms with van der Waals surface area (Å²) in [5.74, 6) is 0.610. The van der Waals surface area contributed by atoms with Crippen LogP contribution < -0.4 is 37.2 Å². The number of ether oxygens (including phenoxy) is 10. The first kappa shape index (κ1) is 76.0. The molecule has 7 N–H and O–H groups in total. The quantitative estimate of drug-likeness (QED) is 0.0155. The fraction of sp³-hybridized carbons (Fsp3) is 0.644. The minimum atomic E-state index is -1.09. The number of benzene rings is 3. The van der Waals surface area contributed by atoms with E-state index < -0.39 is 24.1 Å². The summed E-state index contributed by atoms with van der Waals surface area (Å²) in [5.41, 5.74) is 5.36. The molecule has 2 bridgehead atoms. The van der Waals surface area contributed by atoms with Crippen molar-refractivity contribution in [2.45, 2.75) is 151 Å². The third-order valence-electron chi connectivity index (χ3n) is 19.4. The summed E-state index contributed by atoms with van der Waals surface area (Å²) in [6, 6.07) is 16.3. The van der Waals surface area contributed by atoms with Crippen molar-refractivity contribution in [1.82, 2.24) is 51.3 Å². The van der Waals surface area contributed by atoms with Gasteiger partial charge in [-0.2, -0.15) is 11.8 Å².